The van der Waals surface area contributed by atoms with Gasteiger partial charge in [-0.3, -0.25) is 4.99 Å². The Kier molecular flexibility index (Phi) is 8.77. The van der Waals surface area contributed by atoms with Gasteiger partial charge < -0.3 is 19.7 Å². The molecule has 1 unspecified atom stereocenters. The second-order valence-electron chi connectivity index (χ2n) is 7.04. The smallest absolute Gasteiger partial charge is 0.193 e. The molecule has 1 aromatic carbocycles. The normalized spacial score (nSPS) is 18.2. The van der Waals surface area contributed by atoms with E-state index in [2.05, 4.69) is 53.3 Å². The molecule has 0 bridgehead atoms. The zero-order chi connectivity index (χ0) is 17.9. The third-order valence-electron chi connectivity index (χ3n) is 4.24. The second-order valence-corrected chi connectivity index (χ2v) is 7.04. The average molecular weight is 348 g/mol. The van der Waals surface area contributed by atoms with Crippen LogP contribution in [0, 0.1) is 11.8 Å². The second kappa shape index (κ2) is 11.1. The fourth-order valence-corrected chi connectivity index (χ4v) is 2.97. The highest BCUT2D eigenvalue weighted by atomic mass is 16.5. The number of ether oxygens (including phenoxy) is 2. The summed E-state index contributed by atoms with van der Waals surface area (Å²) in [5, 5.41) is 3.40. The quantitative estimate of drug-likeness (QED) is 0.424. The summed E-state index contributed by atoms with van der Waals surface area (Å²) in [4.78, 5) is 6.72. The molecule has 0 spiro atoms. The molecule has 0 aliphatic carbocycles. The van der Waals surface area contributed by atoms with E-state index in [4.69, 9.17) is 9.47 Å². The molecule has 5 nitrogen and oxygen atoms in total. The van der Waals surface area contributed by atoms with Gasteiger partial charge in [0.1, 0.15) is 0 Å². The standard InChI is InChI=1S/C20H33N3O2/c1-17(2)14-24-12-10-22-20(21-3)23-11-9-19(13-23)16-25-15-18-7-5-4-6-8-18/h4-8,17,19H,9-16H2,1-3H3,(H,21,22). The van der Waals surface area contributed by atoms with Crippen LogP contribution in [0.3, 0.4) is 0 Å². The number of guanidine groups is 1. The molecule has 5 heteroatoms. The lowest BCUT2D eigenvalue weighted by molar-refractivity contribution is 0.0906. The molecular weight excluding hydrogens is 314 g/mol. The van der Waals surface area contributed by atoms with Gasteiger partial charge in [0.05, 0.1) is 19.8 Å². The maximum atomic E-state index is 5.89. The van der Waals surface area contributed by atoms with E-state index in [1.807, 2.05) is 13.1 Å². The lowest BCUT2D eigenvalue weighted by atomic mass is 10.1. The molecule has 1 aliphatic rings. The summed E-state index contributed by atoms with van der Waals surface area (Å²) >= 11 is 0. The molecular formula is C20H33N3O2. The molecule has 2 rings (SSSR count). The molecule has 0 radical (unpaired) electrons. The number of nitrogens with one attached hydrogen (secondary N) is 1. The summed E-state index contributed by atoms with van der Waals surface area (Å²) in [6.07, 6.45) is 1.15. The van der Waals surface area contributed by atoms with E-state index < -0.39 is 0 Å². The van der Waals surface area contributed by atoms with E-state index in [-0.39, 0.29) is 0 Å². The van der Waals surface area contributed by atoms with Crippen LogP contribution in [0.4, 0.5) is 0 Å². The molecule has 1 N–H and O–H groups in total. The fourth-order valence-electron chi connectivity index (χ4n) is 2.97. The van der Waals surface area contributed by atoms with E-state index in [1.165, 1.54) is 5.56 Å². The maximum Gasteiger partial charge on any atom is 0.193 e. The third-order valence-corrected chi connectivity index (χ3v) is 4.24. The number of rotatable bonds is 9. The van der Waals surface area contributed by atoms with Crippen LogP contribution in [0.5, 0.6) is 0 Å². The Balaban J connectivity index is 1.62. The first-order valence-corrected chi connectivity index (χ1v) is 9.34. The van der Waals surface area contributed by atoms with Gasteiger partial charge in [0.15, 0.2) is 5.96 Å². The van der Waals surface area contributed by atoms with Crippen molar-refractivity contribution in [2.45, 2.75) is 26.9 Å². The number of nitrogens with zero attached hydrogens (tertiary/aromatic N) is 2. The van der Waals surface area contributed by atoms with Crippen LogP contribution in [0.15, 0.2) is 35.3 Å². The van der Waals surface area contributed by atoms with E-state index >= 15 is 0 Å². The van der Waals surface area contributed by atoms with Gasteiger partial charge in [-0.2, -0.15) is 0 Å². The van der Waals surface area contributed by atoms with Crippen LogP contribution in [0.25, 0.3) is 0 Å². The molecule has 1 aromatic rings. The predicted octanol–water partition coefficient (Wildman–Crippen LogP) is 2.77. The van der Waals surface area contributed by atoms with Gasteiger partial charge in [0.2, 0.25) is 0 Å². The molecule has 1 saturated heterocycles. The topological polar surface area (TPSA) is 46.1 Å². The van der Waals surface area contributed by atoms with Crippen molar-refractivity contribution < 1.29 is 9.47 Å². The van der Waals surface area contributed by atoms with Crippen molar-refractivity contribution >= 4 is 5.96 Å². The van der Waals surface area contributed by atoms with Gasteiger partial charge in [-0.1, -0.05) is 44.2 Å². The Morgan fingerprint density at radius 3 is 2.80 bits per heavy atom. The highest BCUT2D eigenvalue weighted by Gasteiger charge is 2.24. The van der Waals surface area contributed by atoms with Crippen LogP contribution in [-0.4, -0.2) is 57.4 Å². The predicted molar refractivity (Wildman–Crippen MR) is 103 cm³/mol. The summed E-state index contributed by atoms with van der Waals surface area (Å²) in [6.45, 7) is 10.2. The van der Waals surface area contributed by atoms with Gasteiger partial charge in [0.25, 0.3) is 0 Å². The zero-order valence-electron chi connectivity index (χ0n) is 15.9. The molecule has 0 saturated carbocycles. The molecule has 1 heterocycles. The zero-order valence-corrected chi connectivity index (χ0v) is 15.9. The first-order chi connectivity index (χ1) is 12.2. The number of benzene rings is 1. The van der Waals surface area contributed by atoms with Crippen molar-refractivity contribution in [3.8, 4) is 0 Å². The van der Waals surface area contributed by atoms with E-state index in [9.17, 15) is 0 Å². The molecule has 25 heavy (non-hydrogen) atoms. The van der Waals surface area contributed by atoms with Crippen molar-refractivity contribution in [2.75, 3.05) is 46.5 Å². The number of hydrogen-bond acceptors (Lipinski definition) is 3. The van der Waals surface area contributed by atoms with Crippen molar-refractivity contribution in [3.63, 3.8) is 0 Å². The van der Waals surface area contributed by atoms with E-state index in [1.54, 1.807) is 0 Å². The van der Waals surface area contributed by atoms with Gasteiger partial charge in [0, 0.05) is 39.2 Å². The van der Waals surface area contributed by atoms with Crippen molar-refractivity contribution in [1.29, 1.82) is 0 Å². The summed E-state index contributed by atoms with van der Waals surface area (Å²) in [6, 6.07) is 10.3. The van der Waals surface area contributed by atoms with Crippen LogP contribution >= 0.6 is 0 Å². The van der Waals surface area contributed by atoms with Gasteiger partial charge in [-0.05, 0) is 17.9 Å². The van der Waals surface area contributed by atoms with E-state index in [0.717, 1.165) is 45.2 Å². The SMILES string of the molecule is CN=C(NCCOCC(C)C)N1CCC(COCc2ccccc2)C1. The minimum atomic E-state index is 0.569. The van der Waals surface area contributed by atoms with Crippen molar-refractivity contribution in [2.24, 2.45) is 16.8 Å². The Bertz CT molecular complexity index is 505. The molecule has 140 valence electrons. The number of aliphatic imine (C=N–C) groups is 1. The van der Waals surface area contributed by atoms with Crippen LogP contribution in [0.2, 0.25) is 0 Å². The summed E-state index contributed by atoms with van der Waals surface area (Å²) in [5.74, 6) is 2.12. The van der Waals surface area contributed by atoms with Crippen LogP contribution in [-0.2, 0) is 16.1 Å². The van der Waals surface area contributed by atoms with Gasteiger partial charge >= 0.3 is 0 Å². The first-order valence-electron chi connectivity index (χ1n) is 9.34. The van der Waals surface area contributed by atoms with Crippen LogP contribution < -0.4 is 5.32 Å². The minimum Gasteiger partial charge on any atom is -0.379 e. The van der Waals surface area contributed by atoms with Gasteiger partial charge in [-0.25, -0.2) is 0 Å². The Labute approximate surface area is 152 Å². The van der Waals surface area contributed by atoms with Crippen molar-refractivity contribution in [3.05, 3.63) is 35.9 Å². The molecule has 1 atom stereocenters. The highest BCUT2D eigenvalue weighted by molar-refractivity contribution is 5.80. The Morgan fingerprint density at radius 2 is 2.08 bits per heavy atom. The average Bonchev–Trinajstić information content (AvgIpc) is 3.07. The molecule has 0 amide bonds. The minimum absolute atomic E-state index is 0.569. The Morgan fingerprint density at radius 1 is 1.28 bits per heavy atom. The van der Waals surface area contributed by atoms with E-state index in [0.29, 0.717) is 25.0 Å². The number of likely N-dealkylation sites (tertiary alicyclic amines) is 1. The first kappa shape index (κ1) is 19.7. The Hall–Kier alpha value is -1.59. The van der Waals surface area contributed by atoms with Gasteiger partial charge in [-0.15, -0.1) is 0 Å². The largest absolute Gasteiger partial charge is 0.379 e. The lowest BCUT2D eigenvalue weighted by Gasteiger charge is -2.22. The monoisotopic (exact) mass is 347 g/mol. The third kappa shape index (κ3) is 7.45. The molecule has 1 aliphatic heterocycles. The highest BCUT2D eigenvalue weighted by Crippen LogP contribution is 2.17. The summed E-state index contributed by atoms with van der Waals surface area (Å²) in [5.41, 5.74) is 1.23. The maximum absolute atomic E-state index is 5.89. The number of hydrogen-bond donors (Lipinski definition) is 1. The van der Waals surface area contributed by atoms with Crippen molar-refractivity contribution in [1.82, 2.24) is 10.2 Å². The van der Waals surface area contributed by atoms with Crippen LogP contribution in [0.1, 0.15) is 25.8 Å². The molecule has 0 aromatic heterocycles. The fraction of sp³-hybridized carbons (Fsp3) is 0.650. The molecule has 1 fully saturated rings. The summed E-state index contributed by atoms with van der Waals surface area (Å²) < 4.78 is 11.5. The lowest BCUT2D eigenvalue weighted by Crippen LogP contribution is -2.41. The summed E-state index contributed by atoms with van der Waals surface area (Å²) in [7, 11) is 1.84.